The zero-order valence-corrected chi connectivity index (χ0v) is 27.3. The van der Waals surface area contributed by atoms with E-state index >= 15 is 0 Å². The van der Waals surface area contributed by atoms with E-state index in [1.807, 2.05) is 23.5 Å². The van der Waals surface area contributed by atoms with Gasteiger partial charge in [-0.25, -0.2) is 0 Å². The van der Waals surface area contributed by atoms with Crippen molar-refractivity contribution in [2.45, 2.75) is 0 Å². The molecule has 0 N–H and O–H groups in total. The van der Waals surface area contributed by atoms with Gasteiger partial charge in [0.15, 0.2) is 0 Å². The van der Waals surface area contributed by atoms with E-state index in [9.17, 15) is 0 Å². The summed E-state index contributed by atoms with van der Waals surface area (Å²) in [5.74, 6) is 0. The number of rotatable bonds is 5. The highest BCUT2D eigenvalue weighted by atomic mass is 32.1. The van der Waals surface area contributed by atoms with Crippen LogP contribution in [0, 0.1) is 0 Å². The fourth-order valence-corrected chi connectivity index (χ4v) is 8.63. The maximum Gasteiger partial charge on any atom is 0.137 e. The van der Waals surface area contributed by atoms with Crippen LogP contribution < -0.4 is 4.90 Å². The lowest BCUT2D eigenvalue weighted by Gasteiger charge is -2.27. The molecule has 0 bridgehead atoms. The summed E-state index contributed by atoms with van der Waals surface area (Å²) < 4.78 is 8.96. The third-order valence-corrected chi connectivity index (χ3v) is 10.9. The summed E-state index contributed by atoms with van der Waals surface area (Å²) in [6, 6.07) is 63.2. The Balaban J connectivity index is 1.21. The molecule has 0 radical (unpaired) electrons. The van der Waals surface area contributed by atoms with Gasteiger partial charge < -0.3 is 9.32 Å². The first kappa shape index (κ1) is 27.9. The normalized spacial score (nSPS) is 11.7. The Kier molecular flexibility index (Phi) is 6.39. The lowest BCUT2D eigenvalue weighted by atomic mass is 9.97. The van der Waals surface area contributed by atoms with Crippen LogP contribution in [-0.2, 0) is 0 Å². The highest BCUT2D eigenvalue weighted by Gasteiger charge is 2.22. The number of hydrogen-bond acceptors (Lipinski definition) is 3. The number of para-hydroxylation sites is 1. The molecule has 0 aliphatic rings. The molecule has 0 atom stereocenters. The van der Waals surface area contributed by atoms with Gasteiger partial charge in [-0.05, 0) is 75.5 Å². The second kappa shape index (κ2) is 11.2. The van der Waals surface area contributed by atoms with E-state index in [1.165, 1.54) is 53.2 Å². The van der Waals surface area contributed by atoms with Gasteiger partial charge in [0.1, 0.15) is 11.2 Å². The third-order valence-electron chi connectivity index (χ3n) is 9.68. The van der Waals surface area contributed by atoms with E-state index in [1.54, 1.807) is 0 Å². The molecule has 10 aromatic rings. The average Bonchev–Trinajstić information content (AvgIpc) is 3.74. The predicted octanol–water partition coefficient (Wildman–Crippen LogP) is 13.9. The summed E-state index contributed by atoms with van der Waals surface area (Å²) in [4.78, 5) is 2.39. The zero-order chi connectivity index (χ0) is 32.3. The molecule has 10 rings (SSSR count). The first-order chi connectivity index (χ1) is 24.3. The van der Waals surface area contributed by atoms with Crippen LogP contribution >= 0.6 is 11.3 Å². The minimum atomic E-state index is 0.879. The lowest BCUT2D eigenvalue weighted by molar-refractivity contribution is 0.669. The van der Waals surface area contributed by atoms with Crippen molar-refractivity contribution in [3.8, 4) is 22.3 Å². The topological polar surface area (TPSA) is 16.4 Å². The van der Waals surface area contributed by atoms with Crippen molar-refractivity contribution in [1.29, 1.82) is 0 Å². The average molecular weight is 644 g/mol. The van der Waals surface area contributed by atoms with Crippen molar-refractivity contribution in [3.05, 3.63) is 176 Å². The van der Waals surface area contributed by atoms with E-state index in [2.05, 4.69) is 169 Å². The molecule has 0 aliphatic heterocycles. The Hall–Kier alpha value is -6.16. The van der Waals surface area contributed by atoms with E-state index < -0.39 is 0 Å². The van der Waals surface area contributed by atoms with E-state index in [-0.39, 0.29) is 0 Å². The van der Waals surface area contributed by atoms with Crippen LogP contribution in [0.3, 0.4) is 0 Å². The van der Waals surface area contributed by atoms with Gasteiger partial charge in [0.25, 0.3) is 0 Å². The number of thiophene rings is 1. The van der Waals surface area contributed by atoms with Gasteiger partial charge in [-0.3, -0.25) is 0 Å². The molecule has 49 heavy (non-hydrogen) atoms. The van der Waals surface area contributed by atoms with Crippen molar-refractivity contribution in [1.82, 2.24) is 0 Å². The fraction of sp³-hybridized carbons (Fsp3) is 0. The SMILES string of the molecule is c1ccc(-c2ccc(N(c3ccc(-c4cccc5ccccc45)cc3)c3ccc4c(c3)oc3ccccc34)c3sc4ccccc4c23)cc1. The number of hydrogen-bond donors (Lipinski definition) is 0. The Labute approximate surface area is 287 Å². The zero-order valence-electron chi connectivity index (χ0n) is 26.5. The molecule has 0 saturated carbocycles. The summed E-state index contributed by atoms with van der Waals surface area (Å²) in [7, 11) is 0. The van der Waals surface area contributed by atoms with Crippen LogP contribution in [0.5, 0.6) is 0 Å². The smallest absolute Gasteiger partial charge is 0.137 e. The van der Waals surface area contributed by atoms with Crippen molar-refractivity contribution >= 4 is 81.3 Å². The van der Waals surface area contributed by atoms with Gasteiger partial charge in [-0.2, -0.15) is 0 Å². The van der Waals surface area contributed by atoms with Crippen LogP contribution in [-0.4, -0.2) is 0 Å². The van der Waals surface area contributed by atoms with Gasteiger partial charge in [0.05, 0.1) is 10.4 Å². The number of furan rings is 1. The maximum absolute atomic E-state index is 6.42. The molecule has 0 unspecified atom stereocenters. The fourth-order valence-electron chi connectivity index (χ4n) is 7.40. The molecular weight excluding hydrogens is 615 g/mol. The Bertz CT molecular complexity index is 2820. The van der Waals surface area contributed by atoms with Gasteiger partial charge >= 0.3 is 0 Å². The van der Waals surface area contributed by atoms with Crippen LogP contribution in [0.1, 0.15) is 0 Å². The van der Waals surface area contributed by atoms with E-state index in [0.717, 1.165) is 39.0 Å². The minimum Gasteiger partial charge on any atom is -0.456 e. The largest absolute Gasteiger partial charge is 0.456 e. The third kappa shape index (κ3) is 4.55. The summed E-state index contributed by atoms with van der Waals surface area (Å²) in [6.07, 6.45) is 0. The van der Waals surface area contributed by atoms with Gasteiger partial charge in [0, 0.05) is 43.7 Å². The molecule has 230 valence electrons. The first-order valence-electron chi connectivity index (χ1n) is 16.6. The van der Waals surface area contributed by atoms with E-state index in [4.69, 9.17) is 4.42 Å². The van der Waals surface area contributed by atoms with Crippen LogP contribution in [0.25, 0.3) is 75.1 Å². The maximum atomic E-state index is 6.42. The Morgan fingerprint density at radius 2 is 1.10 bits per heavy atom. The summed E-state index contributed by atoms with van der Waals surface area (Å²) in [5.41, 5.74) is 9.96. The summed E-state index contributed by atoms with van der Waals surface area (Å²) in [6.45, 7) is 0. The van der Waals surface area contributed by atoms with Crippen molar-refractivity contribution in [2.24, 2.45) is 0 Å². The van der Waals surface area contributed by atoms with Crippen molar-refractivity contribution < 1.29 is 4.42 Å². The van der Waals surface area contributed by atoms with Crippen LogP contribution in [0.2, 0.25) is 0 Å². The van der Waals surface area contributed by atoms with Crippen LogP contribution in [0.4, 0.5) is 17.1 Å². The molecule has 8 aromatic carbocycles. The number of anilines is 3. The Morgan fingerprint density at radius 3 is 1.98 bits per heavy atom. The molecule has 2 nitrogen and oxygen atoms in total. The first-order valence-corrected chi connectivity index (χ1v) is 17.4. The standard InChI is InChI=1S/C46H29NOS/c1-2-11-31(12-3-1)37-27-28-41(46-45(37)40-17-7-9-20-44(40)49-46)47(34-25-26-39-38-16-6-8-19-42(38)48-43(39)29-34)33-23-21-32(22-24-33)36-18-10-14-30-13-4-5-15-35(30)36/h1-29H. The molecular formula is C46H29NOS. The monoisotopic (exact) mass is 643 g/mol. The molecule has 3 heteroatoms. The van der Waals surface area contributed by atoms with Gasteiger partial charge in [-0.15, -0.1) is 11.3 Å². The molecule has 2 aromatic heterocycles. The molecule has 0 fully saturated rings. The second-order valence-electron chi connectivity index (χ2n) is 12.5. The Morgan fingerprint density at radius 1 is 0.429 bits per heavy atom. The second-order valence-corrected chi connectivity index (χ2v) is 13.5. The van der Waals surface area contributed by atoms with Gasteiger partial charge in [0.2, 0.25) is 0 Å². The lowest BCUT2D eigenvalue weighted by Crippen LogP contribution is -2.10. The molecule has 2 heterocycles. The van der Waals surface area contributed by atoms with Crippen molar-refractivity contribution in [3.63, 3.8) is 0 Å². The molecule has 0 amide bonds. The van der Waals surface area contributed by atoms with E-state index in [0.29, 0.717) is 0 Å². The van der Waals surface area contributed by atoms with Crippen molar-refractivity contribution in [2.75, 3.05) is 4.90 Å². The number of fused-ring (bicyclic) bond motifs is 7. The summed E-state index contributed by atoms with van der Waals surface area (Å²) in [5, 5.41) is 7.32. The summed E-state index contributed by atoms with van der Waals surface area (Å²) >= 11 is 1.86. The van der Waals surface area contributed by atoms with Crippen LogP contribution in [0.15, 0.2) is 180 Å². The quantitative estimate of drug-likeness (QED) is 0.186. The number of nitrogens with zero attached hydrogens (tertiary/aromatic N) is 1. The minimum absolute atomic E-state index is 0.879. The molecule has 0 spiro atoms. The molecule has 0 saturated heterocycles. The molecule has 0 aliphatic carbocycles. The predicted molar refractivity (Wildman–Crippen MR) is 210 cm³/mol. The highest BCUT2D eigenvalue weighted by molar-refractivity contribution is 7.26. The van der Waals surface area contributed by atoms with Gasteiger partial charge in [-0.1, -0.05) is 127 Å². The number of benzene rings is 8. The highest BCUT2D eigenvalue weighted by Crippen LogP contribution is 2.49.